The summed E-state index contributed by atoms with van der Waals surface area (Å²) in [6.45, 7) is -0.471. The Morgan fingerprint density at radius 2 is 2.06 bits per heavy atom. The molecule has 0 heterocycles. The van der Waals surface area contributed by atoms with E-state index in [2.05, 4.69) is 20.7 Å². The van der Waals surface area contributed by atoms with E-state index in [1.165, 1.54) is 12.1 Å². The number of aliphatic hydroxyl groups is 1. The number of sulfonamides is 1. The van der Waals surface area contributed by atoms with Crippen LogP contribution in [0.5, 0.6) is 0 Å². The summed E-state index contributed by atoms with van der Waals surface area (Å²) >= 11 is 3.03. The van der Waals surface area contributed by atoms with Gasteiger partial charge in [0.15, 0.2) is 0 Å². The number of carboxylic acids is 1. The Labute approximate surface area is 106 Å². The van der Waals surface area contributed by atoms with E-state index in [4.69, 9.17) is 10.2 Å². The third-order valence-corrected chi connectivity index (χ3v) is 4.33. The summed E-state index contributed by atoms with van der Waals surface area (Å²) in [5.41, 5.74) is -0.127. The molecule has 94 valence electrons. The summed E-state index contributed by atoms with van der Waals surface area (Å²) in [4.78, 5) is 10.6. The van der Waals surface area contributed by atoms with Crippen molar-refractivity contribution in [3.05, 3.63) is 28.2 Å². The van der Waals surface area contributed by atoms with Gasteiger partial charge in [0.1, 0.15) is 0 Å². The number of hydrogen-bond acceptors (Lipinski definition) is 4. The molecule has 0 bridgehead atoms. The molecule has 0 aliphatic rings. The van der Waals surface area contributed by atoms with E-state index in [1.807, 2.05) is 0 Å². The first kappa shape index (κ1) is 14.1. The van der Waals surface area contributed by atoms with E-state index in [-0.39, 0.29) is 28.1 Å². The molecule has 1 aromatic carbocycles. The Kier molecular flexibility index (Phi) is 4.63. The number of halogens is 1. The summed E-state index contributed by atoms with van der Waals surface area (Å²) in [5.74, 6) is -1.21. The molecule has 1 rings (SSSR count). The summed E-state index contributed by atoms with van der Waals surface area (Å²) in [6, 6.07) is 3.68. The Morgan fingerprint density at radius 1 is 1.41 bits per heavy atom. The lowest BCUT2D eigenvalue weighted by molar-refractivity contribution is 0.0696. The van der Waals surface area contributed by atoms with Gasteiger partial charge in [-0.2, -0.15) is 0 Å². The predicted octanol–water partition coefficient (Wildman–Crippen LogP) is 0.418. The van der Waals surface area contributed by atoms with E-state index in [0.29, 0.717) is 0 Å². The molecule has 1 aromatic rings. The standard InChI is InChI=1S/C9H10BrNO5S/c10-7-2-1-6(9(13)14)5-8(7)17(15,16)11-3-4-12/h1-2,5,11-12H,3-4H2,(H,13,14). The maximum Gasteiger partial charge on any atom is 0.335 e. The number of hydrogen-bond donors (Lipinski definition) is 3. The normalized spacial score (nSPS) is 11.4. The van der Waals surface area contributed by atoms with Crippen molar-refractivity contribution in [1.29, 1.82) is 0 Å². The summed E-state index contributed by atoms with van der Waals surface area (Å²) in [7, 11) is -3.83. The SMILES string of the molecule is O=C(O)c1ccc(Br)c(S(=O)(=O)NCCO)c1. The molecule has 0 spiro atoms. The molecule has 3 N–H and O–H groups in total. The molecule has 0 fully saturated rings. The van der Waals surface area contributed by atoms with Crippen LogP contribution in [0, 0.1) is 0 Å². The third kappa shape index (κ3) is 3.50. The maximum atomic E-state index is 11.7. The van der Waals surface area contributed by atoms with Crippen LogP contribution in [0.2, 0.25) is 0 Å². The lowest BCUT2D eigenvalue weighted by Gasteiger charge is -2.08. The Bertz CT molecular complexity index is 528. The van der Waals surface area contributed by atoms with Crippen LogP contribution in [0.25, 0.3) is 0 Å². The van der Waals surface area contributed by atoms with Gasteiger partial charge in [-0.3, -0.25) is 0 Å². The number of carboxylic acid groups (broad SMARTS) is 1. The zero-order valence-electron chi connectivity index (χ0n) is 8.55. The number of nitrogens with one attached hydrogen (secondary N) is 1. The average Bonchev–Trinajstić information content (AvgIpc) is 2.26. The topological polar surface area (TPSA) is 104 Å². The minimum absolute atomic E-state index is 0.127. The van der Waals surface area contributed by atoms with Crippen molar-refractivity contribution in [2.24, 2.45) is 0 Å². The van der Waals surface area contributed by atoms with Crippen molar-refractivity contribution < 1.29 is 23.4 Å². The van der Waals surface area contributed by atoms with Gasteiger partial charge in [0, 0.05) is 11.0 Å². The van der Waals surface area contributed by atoms with E-state index in [0.717, 1.165) is 6.07 Å². The highest BCUT2D eigenvalue weighted by atomic mass is 79.9. The minimum atomic E-state index is -3.83. The van der Waals surface area contributed by atoms with Crippen molar-refractivity contribution in [3.8, 4) is 0 Å². The van der Waals surface area contributed by atoms with E-state index in [1.54, 1.807) is 0 Å². The fourth-order valence-corrected chi connectivity index (χ4v) is 3.11. The lowest BCUT2D eigenvalue weighted by atomic mass is 10.2. The van der Waals surface area contributed by atoms with Crippen molar-refractivity contribution >= 4 is 31.9 Å². The van der Waals surface area contributed by atoms with Gasteiger partial charge in [0.2, 0.25) is 10.0 Å². The highest BCUT2D eigenvalue weighted by Gasteiger charge is 2.19. The molecule has 17 heavy (non-hydrogen) atoms. The fourth-order valence-electron chi connectivity index (χ4n) is 1.10. The van der Waals surface area contributed by atoms with Crippen LogP contribution in [0.4, 0.5) is 0 Å². The molecule has 0 aromatic heterocycles. The highest BCUT2D eigenvalue weighted by molar-refractivity contribution is 9.10. The van der Waals surface area contributed by atoms with E-state index < -0.39 is 16.0 Å². The smallest absolute Gasteiger partial charge is 0.335 e. The second kappa shape index (κ2) is 5.58. The van der Waals surface area contributed by atoms with Crippen molar-refractivity contribution in [1.82, 2.24) is 4.72 Å². The van der Waals surface area contributed by atoms with Crippen molar-refractivity contribution in [2.45, 2.75) is 4.90 Å². The van der Waals surface area contributed by atoms with Gasteiger partial charge in [0.05, 0.1) is 17.1 Å². The number of aliphatic hydroxyl groups excluding tert-OH is 1. The van der Waals surface area contributed by atoms with Crippen molar-refractivity contribution in [3.63, 3.8) is 0 Å². The zero-order chi connectivity index (χ0) is 13.1. The molecule has 0 radical (unpaired) electrons. The predicted molar refractivity (Wildman–Crippen MR) is 63.4 cm³/mol. The van der Waals surface area contributed by atoms with Crippen LogP contribution >= 0.6 is 15.9 Å². The zero-order valence-corrected chi connectivity index (χ0v) is 11.0. The summed E-state index contributed by atoms with van der Waals surface area (Å²) in [6.07, 6.45) is 0. The van der Waals surface area contributed by atoms with Gasteiger partial charge in [-0.1, -0.05) is 0 Å². The first-order chi connectivity index (χ1) is 7.88. The van der Waals surface area contributed by atoms with E-state index in [9.17, 15) is 13.2 Å². The Morgan fingerprint density at radius 3 is 2.59 bits per heavy atom. The number of aromatic carboxylic acids is 1. The molecule has 0 saturated heterocycles. The van der Waals surface area contributed by atoms with Crippen molar-refractivity contribution in [2.75, 3.05) is 13.2 Å². The molecule has 0 unspecified atom stereocenters. The summed E-state index contributed by atoms with van der Waals surface area (Å²) < 4.78 is 25.9. The van der Waals surface area contributed by atoms with Crippen LogP contribution in [-0.2, 0) is 10.0 Å². The minimum Gasteiger partial charge on any atom is -0.478 e. The van der Waals surface area contributed by atoms with Crippen LogP contribution in [0.15, 0.2) is 27.6 Å². The van der Waals surface area contributed by atoms with Crippen LogP contribution < -0.4 is 4.72 Å². The molecule has 0 aliphatic heterocycles. The fraction of sp³-hybridized carbons (Fsp3) is 0.222. The van der Waals surface area contributed by atoms with E-state index >= 15 is 0 Å². The number of benzene rings is 1. The average molecular weight is 324 g/mol. The first-order valence-corrected chi connectivity index (χ1v) is 6.79. The monoisotopic (exact) mass is 323 g/mol. The van der Waals surface area contributed by atoms with Gasteiger partial charge >= 0.3 is 5.97 Å². The first-order valence-electron chi connectivity index (χ1n) is 4.52. The second-order valence-electron chi connectivity index (χ2n) is 3.07. The van der Waals surface area contributed by atoms with Crippen LogP contribution in [0.3, 0.4) is 0 Å². The molecule has 0 atom stereocenters. The van der Waals surface area contributed by atoms with Gasteiger partial charge < -0.3 is 10.2 Å². The number of carbonyl (C=O) groups is 1. The van der Waals surface area contributed by atoms with Gasteiger partial charge in [0.25, 0.3) is 0 Å². The van der Waals surface area contributed by atoms with Crippen LogP contribution in [0.1, 0.15) is 10.4 Å². The molecule has 0 amide bonds. The van der Waals surface area contributed by atoms with Gasteiger partial charge in [-0.15, -0.1) is 0 Å². The van der Waals surface area contributed by atoms with Crippen LogP contribution in [-0.4, -0.2) is 37.8 Å². The van der Waals surface area contributed by atoms with Gasteiger partial charge in [-0.05, 0) is 34.1 Å². The Balaban J connectivity index is 3.20. The molecule has 6 nitrogen and oxygen atoms in total. The number of rotatable bonds is 5. The largest absolute Gasteiger partial charge is 0.478 e. The second-order valence-corrected chi connectivity index (χ2v) is 5.66. The maximum absolute atomic E-state index is 11.7. The molecular formula is C9H10BrNO5S. The highest BCUT2D eigenvalue weighted by Crippen LogP contribution is 2.23. The molecule has 8 heteroatoms. The molecular weight excluding hydrogens is 314 g/mol. The molecule has 0 saturated carbocycles. The lowest BCUT2D eigenvalue weighted by Crippen LogP contribution is -2.27. The third-order valence-electron chi connectivity index (χ3n) is 1.87. The van der Waals surface area contributed by atoms with Gasteiger partial charge in [-0.25, -0.2) is 17.9 Å². The summed E-state index contributed by atoms with van der Waals surface area (Å²) in [5, 5.41) is 17.3. The Hall–Kier alpha value is -0.960. The quantitative estimate of drug-likeness (QED) is 0.728. The molecule has 0 aliphatic carbocycles.